The molecule has 1 aromatic rings. The monoisotopic (exact) mass is 251 g/mol. The van der Waals surface area contributed by atoms with E-state index in [2.05, 4.69) is 5.32 Å². The number of hydrogen-bond donors (Lipinski definition) is 3. The Morgan fingerprint density at radius 1 is 1.28 bits per heavy atom. The number of aliphatic carboxylic acids is 1. The van der Waals surface area contributed by atoms with Crippen LogP contribution in [-0.2, 0) is 4.79 Å². The molecule has 0 saturated heterocycles. The second-order valence-electron chi connectivity index (χ2n) is 4.22. The molecule has 2 atom stereocenters. The summed E-state index contributed by atoms with van der Waals surface area (Å²) in [5.41, 5.74) is 0.322. The van der Waals surface area contributed by atoms with Crippen LogP contribution in [0, 0.1) is 5.92 Å². The summed E-state index contributed by atoms with van der Waals surface area (Å²) >= 11 is 0. The number of aromatic hydroxyl groups is 1. The van der Waals surface area contributed by atoms with Crippen LogP contribution in [0.1, 0.15) is 30.6 Å². The largest absolute Gasteiger partial charge is 0.508 e. The lowest BCUT2D eigenvalue weighted by Crippen LogP contribution is -2.45. The van der Waals surface area contributed by atoms with Crippen molar-refractivity contribution in [3.8, 4) is 5.75 Å². The number of nitrogens with one attached hydrogen (secondary N) is 1. The van der Waals surface area contributed by atoms with Crippen LogP contribution in [0.4, 0.5) is 0 Å². The number of carbonyl (C=O) groups excluding carboxylic acids is 1. The molecule has 18 heavy (non-hydrogen) atoms. The van der Waals surface area contributed by atoms with Crippen LogP contribution in [0.5, 0.6) is 5.75 Å². The van der Waals surface area contributed by atoms with Gasteiger partial charge in [-0.25, -0.2) is 4.79 Å². The normalized spacial score (nSPS) is 13.7. The van der Waals surface area contributed by atoms with Crippen LogP contribution in [0.15, 0.2) is 24.3 Å². The summed E-state index contributed by atoms with van der Waals surface area (Å²) in [5, 5.41) is 20.7. The number of hydrogen-bond acceptors (Lipinski definition) is 3. The first-order chi connectivity index (χ1) is 8.45. The van der Waals surface area contributed by atoms with Gasteiger partial charge >= 0.3 is 5.97 Å². The molecule has 1 rings (SSSR count). The number of carbonyl (C=O) groups is 2. The molecule has 1 amide bonds. The number of rotatable bonds is 5. The lowest BCUT2D eigenvalue weighted by Gasteiger charge is -2.20. The average Bonchev–Trinajstić information content (AvgIpc) is 2.35. The molecule has 0 aliphatic rings. The van der Waals surface area contributed by atoms with Gasteiger partial charge in [0, 0.05) is 5.56 Å². The van der Waals surface area contributed by atoms with Gasteiger partial charge in [0.1, 0.15) is 11.8 Å². The van der Waals surface area contributed by atoms with Gasteiger partial charge in [0.05, 0.1) is 0 Å². The Bertz CT molecular complexity index is 427. The first kappa shape index (κ1) is 14.0. The standard InChI is InChI=1S/C13H17NO4/c1-3-8(2)11(13(17)18)14-12(16)9-4-6-10(15)7-5-9/h4-8,11,15H,3H2,1-2H3,(H,14,16)(H,17,18). The average molecular weight is 251 g/mol. The fraction of sp³-hybridized carbons (Fsp3) is 0.385. The van der Waals surface area contributed by atoms with Crippen LogP contribution in [0.25, 0.3) is 0 Å². The Kier molecular flexibility index (Phi) is 4.71. The molecule has 0 radical (unpaired) electrons. The summed E-state index contributed by atoms with van der Waals surface area (Å²) in [7, 11) is 0. The highest BCUT2D eigenvalue weighted by Gasteiger charge is 2.25. The zero-order valence-corrected chi connectivity index (χ0v) is 10.4. The van der Waals surface area contributed by atoms with E-state index in [0.29, 0.717) is 12.0 Å². The van der Waals surface area contributed by atoms with Crippen molar-refractivity contribution in [1.82, 2.24) is 5.32 Å². The van der Waals surface area contributed by atoms with Crippen LogP contribution in [0.3, 0.4) is 0 Å². The minimum Gasteiger partial charge on any atom is -0.508 e. The summed E-state index contributed by atoms with van der Waals surface area (Å²) in [6.45, 7) is 3.64. The van der Waals surface area contributed by atoms with Crippen molar-refractivity contribution in [2.75, 3.05) is 0 Å². The molecule has 0 heterocycles. The van der Waals surface area contributed by atoms with E-state index < -0.39 is 17.9 Å². The van der Waals surface area contributed by atoms with Gasteiger partial charge in [-0.3, -0.25) is 4.79 Å². The quantitative estimate of drug-likeness (QED) is 0.742. The fourth-order valence-electron chi connectivity index (χ4n) is 1.52. The van der Waals surface area contributed by atoms with Gasteiger partial charge < -0.3 is 15.5 Å². The lowest BCUT2D eigenvalue weighted by atomic mass is 9.99. The van der Waals surface area contributed by atoms with E-state index >= 15 is 0 Å². The van der Waals surface area contributed by atoms with Crippen LogP contribution in [0.2, 0.25) is 0 Å². The van der Waals surface area contributed by atoms with Crippen molar-refractivity contribution in [2.24, 2.45) is 5.92 Å². The minimum atomic E-state index is -1.04. The number of amides is 1. The Balaban J connectivity index is 2.78. The highest BCUT2D eigenvalue weighted by molar-refractivity contribution is 5.96. The molecular formula is C13H17NO4. The maximum Gasteiger partial charge on any atom is 0.326 e. The molecule has 0 fully saturated rings. The molecular weight excluding hydrogens is 234 g/mol. The Labute approximate surface area is 105 Å². The molecule has 0 aromatic heterocycles. The molecule has 0 aliphatic carbocycles. The predicted molar refractivity (Wildman–Crippen MR) is 66.5 cm³/mol. The van der Waals surface area contributed by atoms with E-state index in [9.17, 15) is 9.59 Å². The van der Waals surface area contributed by atoms with Crippen molar-refractivity contribution >= 4 is 11.9 Å². The van der Waals surface area contributed by atoms with Gasteiger partial charge in [-0.05, 0) is 30.2 Å². The van der Waals surface area contributed by atoms with Gasteiger partial charge in [0.15, 0.2) is 0 Å². The van der Waals surface area contributed by atoms with E-state index in [0.717, 1.165) is 0 Å². The van der Waals surface area contributed by atoms with Crippen molar-refractivity contribution in [2.45, 2.75) is 26.3 Å². The molecule has 0 aliphatic heterocycles. The van der Waals surface area contributed by atoms with E-state index in [1.165, 1.54) is 24.3 Å². The topological polar surface area (TPSA) is 86.6 Å². The minimum absolute atomic E-state index is 0.0586. The van der Waals surface area contributed by atoms with E-state index in [1.54, 1.807) is 6.92 Å². The van der Waals surface area contributed by atoms with Crippen molar-refractivity contribution in [3.63, 3.8) is 0 Å². The zero-order chi connectivity index (χ0) is 13.7. The Morgan fingerprint density at radius 2 is 1.83 bits per heavy atom. The smallest absolute Gasteiger partial charge is 0.326 e. The third-order valence-electron chi connectivity index (χ3n) is 2.90. The maximum atomic E-state index is 11.8. The molecule has 0 bridgehead atoms. The molecule has 0 spiro atoms. The van der Waals surface area contributed by atoms with Gasteiger partial charge in [-0.15, -0.1) is 0 Å². The zero-order valence-electron chi connectivity index (χ0n) is 10.4. The number of carboxylic acid groups (broad SMARTS) is 1. The van der Waals surface area contributed by atoms with E-state index in [1.807, 2.05) is 6.92 Å². The third-order valence-corrected chi connectivity index (χ3v) is 2.90. The summed E-state index contributed by atoms with van der Waals surface area (Å²) in [5.74, 6) is -1.59. The molecule has 98 valence electrons. The van der Waals surface area contributed by atoms with Crippen LogP contribution < -0.4 is 5.32 Å². The molecule has 5 heteroatoms. The number of carboxylic acids is 1. The van der Waals surface area contributed by atoms with Crippen LogP contribution in [-0.4, -0.2) is 28.1 Å². The van der Waals surface area contributed by atoms with E-state index in [-0.39, 0.29) is 11.7 Å². The second kappa shape index (κ2) is 6.05. The second-order valence-corrected chi connectivity index (χ2v) is 4.22. The summed E-state index contributed by atoms with van der Waals surface area (Å²) in [6.07, 6.45) is 0.660. The summed E-state index contributed by atoms with van der Waals surface area (Å²) < 4.78 is 0. The molecule has 5 nitrogen and oxygen atoms in total. The van der Waals surface area contributed by atoms with Crippen molar-refractivity contribution in [1.29, 1.82) is 0 Å². The van der Waals surface area contributed by atoms with Crippen molar-refractivity contribution < 1.29 is 19.8 Å². The Morgan fingerprint density at radius 3 is 2.28 bits per heavy atom. The number of phenols is 1. The third kappa shape index (κ3) is 3.48. The SMILES string of the molecule is CCC(C)C(NC(=O)c1ccc(O)cc1)C(=O)O. The fourth-order valence-corrected chi connectivity index (χ4v) is 1.52. The van der Waals surface area contributed by atoms with Gasteiger partial charge in [0.25, 0.3) is 5.91 Å². The van der Waals surface area contributed by atoms with Gasteiger partial charge in [-0.2, -0.15) is 0 Å². The molecule has 1 aromatic carbocycles. The van der Waals surface area contributed by atoms with Gasteiger partial charge in [0.2, 0.25) is 0 Å². The first-order valence-corrected chi connectivity index (χ1v) is 5.78. The first-order valence-electron chi connectivity index (χ1n) is 5.78. The Hall–Kier alpha value is -2.04. The highest BCUT2D eigenvalue weighted by atomic mass is 16.4. The lowest BCUT2D eigenvalue weighted by molar-refractivity contribution is -0.140. The summed E-state index contributed by atoms with van der Waals surface area (Å²) in [4.78, 5) is 22.9. The molecule has 3 N–H and O–H groups in total. The highest BCUT2D eigenvalue weighted by Crippen LogP contribution is 2.12. The van der Waals surface area contributed by atoms with Gasteiger partial charge in [-0.1, -0.05) is 20.3 Å². The van der Waals surface area contributed by atoms with Crippen LogP contribution >= 0.6 is 0 Å². The molecule has 2 unspecified atom stereocenters. The summed E-state index contributed by atoms with van der Waals surface area (Å²) in [6, 6.07) is 4.75. The number of phenolic OH excluding ortho intramolecular Hbond substituents is 1. The maximum absolute atomic E-state index is 11.8. The predicted octanol–water partition coefficient (Wildman–Crippen LogP) is 1.62. The molecule has 0 saturated carbocycles. The van der Waals surface area contributed by atoms with Crippen molar-refractivity contribution in [3.05, 3.63) is 29.8 Å². The van der Waals surface area contributed by atoms with E-state index in [4.69, 9.17) is 10.2 Å². The number of benzene rings is 1.